The molecule has 0 bridgehead atoms. The molecular formula is C6H6BrFZn. The van der Waals surface area contributed by atoms with Crippen molar-refractivity contribution >= 4 is 0 Å². The van der Waals surface area contributed by atoms with Crippen molar-refractivity contribution in [3.8, 4) is 0 Å². The van der Waals surface area contributed by atoms with Gasteiger partial charge in [-0.1, -0.05) is 0 Å². The summed E-state index contributed by atoms with van der Waals surface area (Å²) in [7, 11) is 0. The van der Waals surface area contributed by atoms with E-state index < -0.39 is 0 Å². The van der Waals surface area contributed by atoms with E-state index >= 15 is 0 Å². The first-order valence-corrected chi connectivity index (χ1v) is 1.91. The van der Waals surface area contributed by atoms with E-state index in [9.17, 15) is 0 Å². The van der Waals surface area contributed by atoms with Crippen molar-refractivity contribution in [2.45, 2.75) is 0 Å². The maximum Gasteiger partial charge on any atom is 2.00 e. The average Bonchev–Trinajstić information content (AvgIpc) is 1.72. The van der Waals surface area contributed by atoms with Crippen LogP contribution < -0.4 is 17.0 Å². The Bertz CT molecular complexity index is 85.0. The summed E-state index contributed by atoms with van der Waals surface area (Å²) in [5.74, 6) is 0. The van der Waals surface area contributed by atoms with Gasteiger partial charge in [0, 0.05) is 0 Å². The van der Waals surface area contributed by atoms with Gasteiger partial charge in [0.25, 0.3) is 0 Å². The molecule has 9 heavy (non-hydrogen) atoms. The van der Waals surface area contributed by atoms with Crippen LogP contribution in [-0.2, 0) is 19.5 Å². The fraction of sp³-hybridized carbons (Fsp3) is 0. The molecule has 0 N–H and O–H groups in total. The van der Waals surface area contributed by atoms with Crippen LogP contribution in [0.15, 0.2) is 30.3 Å². The molecule has 1 aromatic carbocycles. The van der Waals surface area contributed by atoms with Crippen LogP contribution in [0.25, 0.3) is 0 Å². The number of halogens is 2. The molecule has 0 fully saturated rings. The number of hydrogen-bond acceptors (Lipinski definition) is 0. The van der Waals surface area contributed by atoms with Crippen LogP contribution in [0.4, 0.5) is 4.70 Å². The summed E-state index contributed by atoms with van der Waals surface area (Å²) in [5.41, 5.74) is 0. The summed E-state index contributed by atoms with van der Waals surface area (Å²) in [6.45, 7) is 0. The maximum atomic E-state index is 2.89. The zero-order valence-electron chi connectivity index (χ0n) is 4.88. The summed E-state index contributed by atoms with van der Waals surface area (Å²) < 4.78 is 0. The quantitative estimate of drug-likeness (QED) is 0.389. The van der Waals surface area contributed by atoms with Gasteiger partial charge in [-0.05, 0) is 0 Å². The van der Waals surface area contributed by atoms with Crippen molar-refractivity contribution in [2.75, 3.05) is 0 Å². The van der Waals surface area contributed by atoms with Crippen molar-refractivity contribution < 1.29 is 41.2 Å². The van der Waals surface area contributed by atoms with Gasteiger partial charge in [0.1, 0.15) is 0 Å². The van der Waals surface area contributed by atoms with Crippen molar-refractivity contribution in [2.24, 2.45) is 0 Å². The van der Waals surface area contributed by atoms with Crippen LogP contribution in [-0.4, -0.2) is 0 Å². The Morgan fingerprint density at radius 2 is 1.33 bits per heavy atom. The van der Waals surface area contributed by atoms with Gasteiger partial charge in [-0.3, -0.25) is 4.70 Å². The van der Waals surface area contributed by atoms with Crippen molar-refractivity contribution in [1.82, 2.24) is 0 Å². The second-order valence-corrected chi connectivity index (χ2v) is 1.08. The van der Waals surface area contributed by atoms with E-state index in [1.54, 1.807) is 0 Å². The minimum atomic E-state index is 0. The summed E-state index contributed by atoms with van der Waals surface area (Å²) in [6.07, 6.45) is 0. The van der Waals surface area contributed by atoms with Crippen molar-refractivity contribution in [1.29, 1.82) is 0 Å². The van der Waals surface area contributed by atoms with Gasteiger partial charge in [-0.15, -0.1) is 0 Å². The number of rotatable bonds is 0. The van der Waals surface area contributed by atoms with E-state index in [1.165, 1.54) is 0 Å². The molecule has 0 unspecified atom stereocenters. The Morgan fingerprint density at radius 3 is 1.44 bits per heavy atom. The third-order valence-corrected chi connectivity index (χ3v) is 0.607. The Kier molecular flexibility index (Phi) is 19.9. The minimum absolute atomic E-state index is 0. The van der Waals surface area contributed by atoms with Crippen LogP contribution in [0.5, 0.6) is 0 Å². The molecule has 0 spiro atoms. The molecule has 0 aliphatic rings. The van der Waals surface area contributed by atoms with Crippen molar-refractivity contribution in [3.05, 3.63) is 36.4 Å². The first-order valence-electron chi connectivity index (χ1n) is 1.91. The number of benzene rings is 1. The Balaban J connectivity index is -0.000000120. The molecule has 0 aliphatic heterocycles. The van der Waals surface area contributed by atoms with Crippen LogP contribution >= 0.6 is 0 Å². The van der Waals surface area contributed by atoms with E-state index in [-0.39, 0.29) is 41.2 Å². The predicted octanol–water partition coefficient (Wildman–Crippen LogP) is -1.36. The van der Waals surface area contributed by atoms with Crippen molar-refractivity contribution in [3.63, 3.8) is 0 Å². The monoisotopic (exact) mass is 240 g/mol. The summed E-state index contributed by atoms with van der Waals surface area (Å²) in [5, 5.41) is 0. The minimum Gasteiger partial charge on any atom is -1.00 e. The molecule has 1 rings (SSSR count). The molecule has 1 aromatic rings. The molecule has 0 amide bonds. The van der Waals surface area contributed by atoms with E-state index in [4.69, 9.17) is 0 Å². The van der Waals surface area contributed by atoms with E-state index in [0.717, 1.165) is 0 Å². The molecule has 0 saturated carbocycles. The zero-order valence-corrected chi connectivity index (χ0v) is 9.43. The van der Waals surface area contributed by atoms with Gasteiger partial charge < -0.3 is 17.0 Å². The molecule has 0 atom stereocenters. The van der Waals surface area contributed by atoms with Crippen LogP contribution in [0.2, 0.25) is 0 Å². The van der Waals surface area contributed by atoms with Crippen LogP contribution in [0, 0.1) is 6.07 Å². The second-order valence-electron chi connectivity index (χ2n) is 1.08. The Labute approximate surface area is 77.6 Å². The molecule has 3 heteroatoms. The van der Waals surface area contributed by atoms with Gasteiger partial charge in [0.05, 0.1) is 0 Å². The largest absolute Gasteiger partial charge is 2.00 e. The standard InChI is InChI=1S/C6H5.BrH.FH.Zn/c1-2-4-6-5-3-1;;;/h1-5H;2*1H;/q-1;;;+2/p-1. The van der Waals surface area contributed by atoms with Gasteiger partial charge in [-0.2, -0.15) is 36.4 Å². The first kappa shape index (κ1) is 16.1. The second kappa shape index (κ2) is 11.1. The average molecular weight is 242 g/mol. The SMILES string of the molecule is F.[Br-].[Zn+2].[c-]1ccccc1. The zero-order chi connectivity index (χ0) is 4.24. The fourth-order valence-electron chi connectivity index (χ4n) is 0.342. The van der Waals surface area contributed by atoms with E-state index in [1.807, 2.05) is 30.3 Å². The fourth-order valence-corrected chi connectivity index (χ4v) is 0.342. The van der Waals surface area contributed by atoms with Gasteiger partial charge in [-0.25, -0.2) is 0 Å². The van der Waals surface area contributed by atoms with Gasteiger partial charge >= 0.3 is 19.5 Å². The molecule has 0 radical (unpaired) electrons. The maximum absolute atomic E-state index is 2.89. The van der Waals surface area contributed by atoms with E-state index in [2.05, 4.69) is 6.07 Å². The predicted molar refractivity (Wildman–Crippen MR) is 27.8 cm³/mol. The van der Waals surface area contributed by atoms with Crippen LogP contribution in [0.3, 0.4) is 0 Å². The van der Waals surface area contributed by atoms with Gasteiger partial charge in [0.15, 0.2) is 0 Å². The normalized spacial score (nSPS) is 5.33. The molecule has 0 saturated heterocycles. The molecule has 0 heterocycles. The molecular weight excluding hydrogens is 236 g/mol. The Morgan fingerprint density at radius 1 is 0.889 bits per heavy atom. The molecule has 0 aromatic heterocycles. The number of hydrogen-bond donors (Lipinski definition) is 0. The molecule has 0 nitrogen and oxygen atoms in total. The first-order chi connectivity index (χ1) is 3.00. The molecule has 46 valence electrons. The van der Waals surface area contributed by atoms with Crippen LogP contribution in [0.1, 0.15) is 0 Å². The van der Waals surface area contributed by atoms with E-state index in [0.29, 0.717) is 0 Å². The topological polar surface area (TPSA) is 0 Å². The van der Waals surface area contributed by atoms with Gasteiger partial charge in [0.2, 0.25) is 0 Å². The third-order valence-electron chi connectivity index (χ3n) is 0.607. The summed E-state index contributed by atoms with van der Waals surface area (Å²) in [6, 6.07) is 12.5. The Hall–Kier alpha value is 0.253. The summed E-state index contributed by atoms with van der Waals surface area (Å²) in [4.78, 5) is 0. The summed E-state index contributed by atoms with van der Waals surface area (Å²) >= 11 is 0. The molecule has 0 aliphatic carbocycles. The third kappa shape index (κ3) is 8.25. The smallest absolute Gasteiger partial charge is 1.00 e.